The van der Waals surface area contributed by atoms with Gasteiger partial charge in [-0.3, -0.25) is 9.59 Å². The van der Waals surface area contributed by atoms with E-state index in [0.717, 1.165) is 6.07 Å². The predicted molar refractivity (Wildman–Crippen MR) is 99.5 cm³/mol. The molecule has 0 bridgehead atoms. The molecule has 1 aliphatic carbocycles. The number of nitrogens with two attached hydrogens (primary N) is 1. The van der Waals surface area contributed by atoms with E-state index in [0.29, 0.717) is 0 Å². The highest BCUT2D eigenvalue weighted by molar-refractivity contribution is 5.94. The van der Waals surface area contributed by atoms with Gasteiger partial charge in [-0.15, -0.1) is 0 Å². The molecule has 172 valence electrons. The van der Waals surface area contributed by atoms with Crippen LogP contribution in [-0.4, -0.2) is 47.8 Å². The number of ether oxygens (including phenoxy) is 3. The summed E-state index contributed by atoms with van der Waals surface area (Å²) in [6.45, 7) is 1.05. The number of amides is 1. The molecule has 1 amide bonds. The number of fused-ring (bicyclic) bond motifs is 1. The number of halogens is 5. The lowest BCUT2D eigenvalue weighted by molar-refractivity contribution is -0.149. The number of H-pyrrole nitrogens is 1. The molecule has 1 saturated carbocycles. The first-order valence-corrected chi connectivity index (χ1v) is 9.39. The number of aromatic amines is 1. The summed E-state index contributed by atoms with van der Waals surface area (Å²) in [6, 6.07) is 6.05. The van der Waals surface area contributed by atoms with Crippen LogP contribution in [0.15, 0.2) is 35.1 Å². The standard InChI is InChI=1S/C20H17F5N2O5/c1-18-17(19(18,21)22)31-8-11(32-18)7-30-10-4-2-9(3-5-10)12-6-13(15(26)28)16(29)27-14(12)20(23,24)25/h2-6,11,17H,7-8H2,1H3,(H2,26,28)(H,27,29)/t11-,17-,18+/m0/s1. The summed E-state index contributed by atoms with van der Waals surface area (Å²) in [5.74, 6) is -4.01. The number of carbonyl (C=O) groups is 1. The van der Waals surface area contributed by atoms with Gasteiger partial charge in [0, 0.05) is 5.56 Å². The number of benzene rings is 1. The lowest BCUT2D eigenvalue weighted by atomic mass is 10.0. The molecule has 1 aliphatic heterocycles. The summed E-state index contributed by atoms with van der Waals surface area (Å²) in [5.41, 5.74) is -0.242. The van der Waals surface area contributed by atoms with Crippen molar-refractivity contribution in [3.8, 4) is 16.9 Å². The number of hydrogen-bond acceptors (Lipinski definition) is 5. The van der Waals surface area contributed by atoms with E-state index in [1.165, 1.54) is 31.2 Å². The number of pyridine rings is 1. The second-order valence-corrected chi connectivity index (χ2v) is 7.68. The third-order valence-electron chi connectivity index (χ3n) is 5.46. The van der Waals surface area contributed by atoms with Gasteiger partial charge < -0.3 is 24.9 Å². The molecular formula is C20H17F5N2O5. The highest BCUT2D eigenvalue weighted by Gasteiger charge is 2.83. The topological polar surface area (TPSA) is 104 Å². The normalized spacial score (nSPS) is 26.3. The van der Waals surface area contributed by atoms with Crippen LogP contribution < -0.4 is 16.0 Å². The van der Waals surface area contributed by atoms with Gasteiger partial charge in [0.2, 0.25) is 0 Å². The van der Waals surface area contributed by atoms with Gasteiger partial charge in [-0.1, -0.05) is 12.1 Å². The van der Waals surface area contributed by atoms with E-state index in [1.807, 2.05) is 0 Å². The van der Waals surface area contributed by atoms with Crippen molar-refractivity contribution in [1.29, 1.82) is 0 Å². The number of hydrogen-bond donors (Lipinski definition) is 2. The largest absolute Gasteiger partial charge is 0.491 e. The second kappa shape index (κ2) is 7.27. The Labute approximate surface area is 177 Å². The van der Waals surface area contributed by atoms with Crippen LogP contribution in [0.4, 0.5) is 22.0 Å². The molecule has 7 nitrogen and oxygen atoms in total. The first kappa shape index (κ1) is 22.2. The monoisotopic (exact) mass is 460 g/mol. The number of primary amides is 1. The molecule has 2 heterocycles. The van der Waals surface area contributed by atoms with E-state index in [1.54, 1.807) is 4.98 Å². The molecule has 0 spiro atoms. The Kier molecular flexibility index (Phi) is 5.05. The van der Waals surface area contributed by atoms with Crippen LogP contribution in [0.25, 0.3) is 11.1 Å². The smallest absolute Gasteiger partial charge is 0.431 e. The molecule has 0 radical (unpaired) electrons. The van der Waals surface area contributed by atoms with Crippen LogP contribution in [0, 0.1) is 0 Å². The van der Waals surface area contributed by atoms with Crippen molar-refractivity contribution in [2.24, 2.45) is 5.73 Å². The van der Waals surface area contributed by atoms with Crippen LogP contribution >= 0.6 is 0 Å². The van der Waals surface area contributed by atoms with E-state index in [-0.39, 0.29) is 24.5 Å². The summed E-state index contributed by atoms with van der Waals surface area (Å²) in [4.78, 5) is 24.8. The van der Waals surface area contributed by atoms with Crippen molar-refractivity contribution in [3.63, 3.8) is 0 Å². The Bertz CT molecular complexity index is 1110. The Morgan fingerprint density at radius 2 is 1.94 bits per heavy atom. The van der Waals surface area contributed by atoms with E-state index in [2.05, 4.69) is 0 Å². The maximum absolute atomic E-state index is 13.6. The zero-order valence-electron chi connectivity index (χ0n) is 16.5. The van der Waals surface area contributed by atoms with Crippen LogP contribution in [-0.2, 0) is 15.7 Å². The number of carbonyl (C=O) groups excluding carboxylic acids is 1. The minimum absolute atomic E-state index is 0.0358. The third-order valence-corrected chi connectivity index (χ3v) is 5.46. The van der Waals surface area contributed by atoms with Crippen LogP contribution in [0.5, 0.6) is 5.75 Å². The quantitative estimate of drug-likeness (QED) is 0.668. The Morgan fingerprint density at radius 3 is 2.50 bits per heavy atom. The summed E-state index contributed by atoms with van der Waals surface area (Å²) < 4.78 is 83.4. The van der Waals surface area contributed by atoms with Crippen molar-refractivity contribution < 1.29 is 41.0 Å². The molecule has 3 N–H and O–H groups in total. The van der Waals surface area contributed by atoms with Gasteiger partial charge >= 0.3 is 12.1 Å². The summed E-state index contributed by atoms with van der Waals surface area (Å²) in [5, 5.41) is 0. The molecule has 1 saturated heterocycles. The Hall–Kier alpha value is -2.99. The molecule has 12 heteroatoms. The fourth-order valence-electron chi connectivity index (χ4n) is 3.63. The van der Waals surface area contributed by atoms with Gasteiger partial charge in [-0.25, -0.2) is 8.78 Å². The van der Waals surface area contributed by atoms with Crippen molar-refractivity contribution in [2.75, 3.05) is 13.2 Å². The van der Waals surface area contributed by atoms with E-state index in [4.69, 9.17) is 19.9 Å². The zero-order valence-corrected chi connectivity index (χ0v) is 16.5. The van der Waals surface area contributed by atoms with E-state index < -0.39 is 58.2 Å². The SMILES string of the molecule is C[C@@]12O[C@@H](COc3ccc(-c4cc(C(N)=O)c(=O)[nH]c4C(F)(F)F)cc3)CO[C@@H]1C2(F)F. The van der Waals surface area contributed by atoms with Crippen molar-refractivity contribution in [3.05, 3.63) is 51.9 Å². The van der Waals surface area contributed by atoms with Crippen molar-refractivity contribution in [2.45, 2.75) is 36.8 Å². The molecule has 2 aliphatic rings. The van der Waals surface area contributed by atoms with Gasteiger partial charge in [0.25, 0.3) is 11.5 Å². The number of aromatic nitrogens is 1. The second-order valence-electron chi connectivity index (χ2n) is 7.68. The van der Waals surface area contributed by atoms with Crippen molar-refractivity contribution >= 4 is 5.91 Å². The minimum Gasteiger partial charge on any atom is -0.491 e. The Morgan fingerprint density at radius 1 is 1.28 bits per heavy atom. The maximum atomic E-state index is 13.6. The summed E-state index contributed by atoms with van der Waals surface area (Å²) in [6.07, 6.45) is -6.92. The molecular weight excluding hydrogens is 443 g/mol. The zero-order chi connectivity index (χ0) is 23.5. The summed E-state index contributed by atoms with van der Waals surface area (Å²) in [7, 11) is 0. The fourth-order valence-corrected chi connectivity index (χ4v) is 3.63. The van der Waals surface area contributed by atoms with Gasteiger partial charge in [0.15, 0.2) is 11.7 Å². The molecule has 4 rings (SSSR count). The lowest BCUT2D eigenvalue weighted by Gasteiger charge is -2.26. The molecule has 32 heavy (non-hydrogen) atoms. The van der Waals surface area contributed by atoms with Crippen LogP contribution in [0.1, 0.15) is 23.0 Å². The molecule has 1 aromatic carbocycles. The van der Waals surface area contributed by atoms with Crippen molar-refractivity contribution in [1.82, 2.24) is 4.98 Å². The van der Waals surface area contributed by atoms with Gasteiger partial charge in [-0.2, -0.15) is 13.2 Å². The van der Waals surface area contributed by atoms with Gasteiger partial charge in [0.1, 0.15) is 29.7 Å². The molecule has 1 aromatic heterocycles. The first-order chi connectivity index (χ1) is 14.8. The third kappa shape index (κ3) is 3.62. The molecule has 2 fully saturated rings. The van der Waals surface area contributed by atoms with Gasteiger partial charge in [0.05, 0.1) is 6.61 Å². The molecule has 0 unspecified atom stereocenters. The number of nitrogens with one attached hydrogen (secondary N) is 1. The Balaban J connectivity index is 1.51. The predicted octanol–water partition coefficient (Wildman–Crippen LogP) is 2.73. The van der Waals surface area contributed by atoms with Crippen LogP contribution in [0.3, 0.4) is 0 Å². The highest BCUT2D eigenvalue weighted by Crippen LogP contribution is 2.59. The van der Waals surface area contributed by atoms with E-state index in [9.17, 15) is 31.5 Å². The average Bonchev–Trinajstić information content (AvgIpc) is 3.16. The molecule has 3 atom stereocenters. The van der Waals surface area contributed by atoms with Gasteiger partial charge in [-0.05, 0) is 30.7 Å². The highest BCUT2D eigenvalue weighted by atomic mass is 19.4. The maximum Gasteiger partial charge on any atom is 0.431 e. The fraction of sp³-hybridized carbons (Fsp3) is 0.400. The number of rotatable bonds is 5. The first-order valence-electron chi connectivity index (χ1n) is 9.39. The average molecular weight is 460 g/mol. The minimum atomic E-state index is -4.89. The van der Waals surface area contributed by atoms with Crippen LogP contribution in [0.2, 0.25) is 0 Å². The molecule has 2 aromatic rings. The number of alkyl halides is 5. The van der Waals surface area contributed by atoms with E-state index >= 15 is 0 Å². The lowest BCUT2D eigenvalue weighted by Crippen LogP contribution is -2.39. The summed E-state index contributed by atoms with van der Waals surface area (Å²) >= 11 is 0.